The third-order valence-electron chi connectivity index (χ3n) is 3.03. The van der Waals surface area contributed by atoms with Gasteiger partial charge in [0.05, 0.1) is 7.11 Å². The summed E-state index contributed by atoms with van der Waals surface area (Å²) in [6, 6.07) is 7.46. The fourth-order valence-corrected chi connectivity index (χ4v) is 2.47. The molecule has 1 aromatic heterocycles. The summed E-state index contributed by atoms with van der Waals surface area (Å²) < 4.78 is 5.10. The minimum Gasteiger partial charge on any atom is -0.497 e. The number of nitrogens with one attached hydrogen (secondary N) is 2. The molecule has 0 atom stereocenters. The summed E-state index contributed by atoms with van der Waals surface area (Å²) in [5.74, 6) is 0.775. The normalized spacial score (nSPS) is 11.3. The highest BCUT2D eigenvalue weighted by molar-refractivity contribution is 7.13. The Labute approximate surface area is 149 Å². The van der Waals surface area contributed by atoms with Crippen molar-refractivity contribution >= 4 is 28.2 Å². The zero-order valence-corrected chi connectivity index (χ0v) is 14.5. The molecule has 7 nitrogen and oxygen atoms in total. The molecule has 0 aliphatic heterocycles. The van der Waals surface area contributed by atoms with Crippen molar-refractivity contribution in [2.24, 2.45) is 10.7 Å². The molecule has 0 saturated heterocycles. The Hall–Kier alpha value is -3.13. The molecule has 1 amide bonds. The van der Waals surface area contributed by atoms with Gasteiger partial charge in [-0.3, -0.25) is 4.79 Å². The minimum atomic E-state index is -0.268. The molecule has 0 spiro atoms. The molecule has 1 heterocycles. The predicted molar refractivity (Wildman–Crippen MR) is 100 cm³/mol. The van der Waals surface area contributed by atoms with E-state index in [4.69, 9.17) is 10.5 Å². The van der Waals surface area contributed by atoms with E-state index in [1.165, 1.54) is 17.5 Å². The van der Waals surface area contributed by atoms with Crippen LogP contribution in [0.25, 0.3) is 0 Å². The van der Waals surface area contributed by atoms with Crippen molar-refractivity contribution < 1.29 is 9.53 Å². The molecule has 1 aromatic carbocycles. The number of hydrogen-bond donors (Lipinski definition) is 3. The summed E-state index contributed by atoms with van der Waals surface area (Å²) in [5, 5.41) is 7.62. The number of aliphatic imine (C=N–C) groups is 1. The van der Waals surface area contributed by atoms with Gasteiger partial charge in [0.25, 0.3) is 5.91 Å². The van der Waals surface area contributed by atoms with Gasteiger partial charge in [0, 0.05) is 18.1 Å². The Balaban J connectivity index is 1.93. The fraction of sp³-hybridized carbons (Fsp3) is 0.118. The lowest BCUT2D eigenvalue weighted by Gasteiger charge is -2.04. The van der Waals surface area contributed by atoms with Gasteiger partial charge in [0.2, 0.25) is 5.13 Å². The van der Waals surface area contributed by atoms with Gasteiger partial charge in [0.15, 0.2) is 0 Å². The van der Waals surface area contributed by atoms with Crippen LogP contribution in [0.3, 0.4) is 0 Å². The monoisotopic (exact) mass is 357 g/mol. The first-order valence-electron chi connectivity index (χ1n) is 7.36. The van der Waals surface area contributed by atoms with Gasteiger partial charge in [-0.2, -0.15) is 0 Å². The average molecular weight is 357 g/mol. The number of methoxy groups -OCH3 is 1. The van der Waals surface area contributed by atoms with E-state index >= 15 is 0 Å². The van der Waals surface area contributed by atoms with Crippen LogP contribution >= 0.6 is 11.3 Å². The van der Waals surface area contributed by atoms with Gasteiger partial charge in [0.1, 0.15) is 17.3 Å². The zero-order valence-electron chi connectivity index (χ0n) is 13.7. The van der Waals surface area contributed by atoms with Crippen LogP contribution in [-0.2, 0) is 6.54 Å². The second-order valence-electron chi connectivity index (χ2n) is 4.79. The Morgan fingerprint density at radius 1 is 1.44 bits per heavy atom. The molecule has 2 rings (SSSR count). The third-order valence-corrected chi connectivity index (χ3v) is 3.76. The van der Waals surface area contributed by atoms with Gasteiger partial charge < -0.3 is 21.1 Å². The maximum absolute atomic E-state index is 12.1. The second-order valence-corrected chi connectivity index (χ2v) is 5.62. The van der Waals surface area contributed by atoms with Gasteiger partial charge in [-0.15, -0.1) is 11.3 Å². The van der Waals surface area contributed by atoms with Crippen LogP contribution in [0, 0.1) is 0 Å². The number of nitrogens with two attached hydrogens (primary N) is 1. The molecule has 0 bridgehead atoms. The van der Waals surface area contributed by atoms with Crippen LogP contribution in [0.2, 0.25) is 0 Å². The largest absolute Gasteiger partial charge is 0.497 e. The lowest BCUT2D eigenvalue weighted by atomic mass is 10.2. The Morgan fingerprint density at radius 2 is 2.20 bits per heavy atom. The molecular formula is C17H19N5O2S. The fourth-order valence-electron chi connectivity index (χ4n) is 1.79. The van der Waals surface area contributed by atoms with Gasteiger partial charge >= 0.3 is 0 Å². The van der Waals surface area contributed by atoms with Crippen molar-refractivity contribution in [3.8, 4) is 5.75 Å². The molecule has 25 heavy (non-hydrogen) atoms. The van der Waals surface area contributed by atoms with Crippen LogP contribution in [0.5, 0.6) is 5.75 Å². The molecule has 8 heteroatoms. The summed E-state index contributed by atoms with van der Waals surface area (Å²) in [5.41, 5.74) is 7.00. The van der Waals surface area contributed by atoms with E-state index in [-0.39, 0.29) is 11.7 Å². The second kappa shape index (κ2) is 9.24. The summed E-state index contributed by atoms with van der Waals surface area (Å²) in [4.78, 5) is 20.4. The molecule has 4 N–H and O–H groups in total. The highest BCUT2D eigenvalue weighted by atomic mass is 32.1. The Kier molecular flexibility index (Phi) is 6.73. The number of carbonyl (C=O) groups is 1. The van der Waals surface area contributed by atoms with Crippen LogP contribution < -0.4 is 21.1 Å². The molecule has 130 valence electrons. The van der Waals surface area contributed by atoms with Crippen LogP contribution in [0.1, 0.15) is 16.1 Å². The first-order valence-corrected chi connectivity index (χ1v) is 8.24. The average Bonchev–Trinajstić information content (AvgIpc) is 3.09. The molecular weight excluding hydrogens is 338 g/mol. The maximum atomic E-state index is 12.1. The number of benzene rings is 1. The first-order chi connectivity index (χ1) is 12.1. The van der Waals surface area contributed by atoms with Crippen LogP contribution in [-0.4, -0.2) is 23.8 Å². The number of amides is 1. The van der Waals surface area contributed by atoms with Crippen molar-refractivity contribution in [2.45, 2.75) is 6.54 Å². The van der Waals surface area contributed by atoms with Gasteiger partial charge in [-0.05, 0) is 30.0 Å². The highest BCUT2D eigenvalue weighted by Crippen LogP contribution is 2.19. The number of hydrogen-bond acceptors (Lipinski definition) is 6. The van der Waals surface area contributed by atoms with Gasteiger partial charge in [-0.1, -0.05) is 18.7 Å². The highest BCUT2D eigenvalue weighted by Gasteiger charge is 2.10. The van der Waals surface area contributed by atoms with E-state index in [1.54, 1.807) is 24.8 Å². The maximum Gasteiger partial charge on any atom is 0.271 e. The van der Waals surface area contributed by atoms with Gasteiger partial charge in [-0.25, -0.2) is 9.98 Å². The van der Waals surface area contributed by atoms with Crippen molar-refractivity contribution in [1.29, 1.82) is 0 Å². The van der Waals surface area contributed by atoms with Crippen molar-refractivity contribution in [3.63, 3.8) is 0 Å². The molecule has 0 fully saturated rings. The summed E-state index contributed by atoms with van der Waals surface area (Å²) in [7, 11) is 1.61. The van der Waals surface area contributed by atoms with Crippen molar-refractivity contribution in [3.05, 3.63) is 66.0 Å². The van der Waals surface area contributed by atoms with Crippen LogP contribution in [0.15, 0.2) is 59.7 Å². The third kappa shape index (κ3) is 5.78. The number of rotatable bonds is 8. The molecule has 0 unspecified atom stereocenters. The quantitative estimate of drug-likeness (QED) is 0.497. The van der Waals surface area contributed by atoms with E-state index in [9.17, 15) is 4.79 Å². The summed E-state index contributed by atoms with van der Waals surface area (Å²) in [6.07, 6.45) is 4.69. The number of ether oxygens (including phenoxy) is 1. The molecule has 0 aliphatic rings. The topological polar surface area (TPSA) is 102 Å². The molecule has 0 aliphatic carbocycles. The predicted octanol–water partition coefficient (Wildman–Crippen LogP) is 2.32. The van der Waals surface area contributed by atoms with E-state index < -0.39 is 0 Å². The number of aromatic nitrogens is 1. The SMILES string of the molecule is C=CNC=CC(N)=Nc1nc(C(=O)NCc2ccc(OC)cc2)cs1. The number of thiazole rings is 1. The standard InChI is InChI=1S/C17H19N5O2S/c1-3-19-9-8-15(18)22-17-21-14(11-25-17)16(23)20-10-12-4-6-13(24-2)7-5-12/h3-9,11,19H,1,10H2,2H3,(H,20,23)(H2,18,21,22). The molecule has 0 radical (unpaired) electrons. The smallest absolute Gasteiger partial charge is 0.271 e. The van der Waals surface area contributed by atoms with E-state index in [1.807, 2.05) is 24.3 Å². The Bertz CT molecular complexity index is 781. The van der Waals surface area contributed by atoms with Crippen molar-refractivity contribution in [1.82, 2.24) is 15.6 Å². The number of amidine groups is 1. The van der Waals surface area contributed by atoms with Crippen LogP contribution in [0.4, 0.5) is 5.13 Å². The van der Waals surface area contributed by atoms with E-state index in [0.29, 0.717) is 17.4 Å². The van der Waals surface area contributed by atoms with Crippen molar-refractivity contribution in [2.75, 3.05) is 7.11 Å². The van der Waals surface area contributed by atoms with E-state index in [0.717, 1.165) is 11.3 Å². The summed E-state index contributed by atoms with van der Waals surface area (Å²) in [6.45, 7) is 3.91. The zero-order chi connectivity index (χ0) is 18.1. The lowest BCUT2D eigenvalue weighted by Crippen LogP contribution is -2.23. The van der Waals surface area contributed by atoms with E-state index in [2.05, 4.69) is 27.2 Å². The molecule has 0 saturated carbocycles. The lowest BCUT2D eigenvalue weighted by molar-refractivity contribution is 0.0946. The first kappa shape index (κ1) is 18.2. The minimum absolute atomic E-state index is 0.268. The Morgan fingerprint density at radius 3 is 2.88 bits per heavy atom. The summed E-state index contributed by atoms with van der Waals surface area (Å²) >= 11 is 1.24. The number of carbonyl (C=O) groups excluding carboxylic acids is 1. The number of nitrogens with zero attached hydrogens (tertiary/aromatic N) is 2. The molecule has 2 aromatic rings.